The van der Waals surface area contributed by atoms with Crippen molar-refractivity contribution in [2.75, 3.05) is 13.1 Å². The summed E-state index contributed by atoms with van der Waals surface area (Å²) in [6.45, 7) is 1.64. The van der Waals surface area contributed by atoms with Gasteiger partial charge >= 0.3 is 0 Å². The third-order valence-electron chi connectivity index (χ3n) is 6.45. The Morgan fingerprint density at radius 1 is 0.889 bits per heavy atom. The number of benzene rings is 3. The average molecular weight is 483 g/mol. The summed E-state index contributed by atoms with van der Waals surface area (Å²) in [4.78, 5) is 27.9. The normalized spacial score (nSPS) is 14.0. The molecular formula is C29H27FN4O2. The minimum Gasteiger partial charge on any atom is -0.349 e. The highest BCUT2D eigenvalue weighted by atomic mass is 19.1. The second-order valence-electron chi connectivity index (χ2n) is 8.99. The largest absolute Gasteiger partial charge is 0.349 e. The molecule has 1 aliphatic heterocycles. The summed E-state index contributed by atoms with van der Waals surface area (Å²) in [5.74, 6) is -0.662. The van der Waals surface area contributed by atoms with Gasteiger partial charge in [0.15, 0.2) is 0 Å². The molecule has 0 atom stereocenters. The van der Waals surface area contributed by atoms with Gasteiger partial charge in [0.2, 0.25) is 0 Å². The molecule has 2 heterocycles. The molecule has 1 fully saturated rings. The fraction of sp³-hybridized carbons (Fsp3) is 0.207. The molecule has 6 nitrogen and oxygen atoms in total. The molecule has 2 amide bonds. The number of piperidine rings is 1. The van der Waals surface area contributed by atoms with E-state index in [1.54, 1.807) is 0 Å². The zero-order valence-electron chi connectivity index (χ0n) is 19.8. The molecule has 0 unspecified atom stereocenters. The van der Waals surface area contributed by atoms with Crippen molar-refractivity contribution in [2.45, 2.75) is 25.4 Å². The Morgan fingerprint density at radius 2 is 1.53 bits per heavy atom. The van der Waals surface area contributed by atoms with Gasteiger partial charge in [0, 0.05) is 36.5 Å². The predicted molar refractivity (Wildman–Crippen MR) is 136 cm³/mol. The second kappa shape index (κ2) is 10.6. The van der Waals surface area contributed by atoms with E-state index in [4.69, 9.17) is 5.10 Å². The lowest BCUT2D eigenvalue weighted by Crippen LogP contribution is -2.46. The fourth-order valence-corrected chi connectivity index (χ4v) is 4.51. The van der Waals surface area contributed by atoms with E-state index in [0.717, 1.165) is 11.1 Å². The highest BCUT2D eigenvalue weighted by molar-refractivity contribution is 6.00. The van der Waals surface area contributed by atoms with E-state index in [9.17, 15) is 14.0 Å². The Morgan fingerprint density at radius 3 is 2.19 bits per heavy atom. The van der Waals surface area contributed by atoms with Gasteiger partial charge in [-0.3, -0.25) is 14.3 Å². The van der Waals surface area contributed by atoms with Crippen LogP contribution < -0.4 is 5.32 Å². The lowest BCUT2D eigenvalue weighted by atomic mass is 10.0. The summed E-state index contributed by atoms with van der Waals surface area (Å²) in [6, 6.07) is 25.2. The summed E-state index contributed by atoms with van der Waals surface area (Å²) in [7, 11) is 0. The van der Waals surface area contributed by atoms with Gasteiger partial charge in [-0.15, -0.1) is 0 Å². The second-order valence-corrected chi connectivity index (χ2v) is 8.99. The molecule has 0 radical (unpaired) electrons. The van der Waals surface area contributed by atoms with Crippen LogP contribution in [0.4, 0.5) is 4.39 Å². The summed E-state index contributed by atoms with van der Waals surface area (Å²) >= 11 is 0. The highest BCUT2D eigenvalue weighted by Gasteiger charge is 2.28. The highest BCUT2D eigenvalue weighted by Crippen LogP contribution is 2.25. The molecule has 0 saturated carbocycles. The molecule has 1 saturated heterocycles. The zero-order chi connectivity index (χ0) is 24.9. The topological polar surface area (TPSA) is 67.2 Å². The Kier molecular flexibility index (Phi) is 6.89. The molecule has 4 aromatic rings. The van der Waals surface area contributed by atoms with Crippen LogP contribution in [0.3, 0.4) is 0 Å². The molecule has 1 aromatic heterocycles. The molecule has 0 bridgehead atoms. The monoisotopic (exact) mass is 482 g/mol. The van der Waals surface area contributed by atoms with Crippen LogP contribution in [-0.4, -0.2) is 45.6 Å². The first-order chi connectivity index (χ1) is 17.6. The lowest BCUT2D eigenvalue weighted by Gasteiger charge is -2.32. The lowest BCUT2D eigenvalue weighted by molar-refractivity contribution is 0.0698. The SMILES string of the molecule is O=C(NC1CCN(C(=O)c2cn(Cc3ccccc3)nc2-c2ccccc2)CC1)c1ccc(F)cc1. The molecule has 0 aliphatic carbocycles. The summed E-state index contributed by atoms with van der Waals surface area (Å²) < 4.78 is 15.0. The van der Waals surface area contributed by atoms with E-state index in [2.05, 4.69) is 5.32 Å². The standard InChI is InChI=1S/C29H27FN4O2/c30-24-13-11-23(12-14-24)28(35)31-25-15-17-33(18-16-25)29(36)26-20-34(19-21-7-3-1-4-8-21)32-27(26)22-9-5-2-6-10-22/h1-14,20,25H,15-19H2,(H,31,35). The van der Waals surface area contributed by atoms with E-state index in [1.807, 2.05) is 76.4 Å². The van der Waals surface area contributed by atoms with Gasteiger partial charge in [-0.2, -0.15) is 5.10 Å². The Hall–Kier alpha value is -4.26. The molecule has 1 N–H and O–H groups in total. The van der Waals surface area contributed by atoms with Crippen molar-refractivity contribution in [3.05, 3.63) is 114 Å². The maximum absolute atomic E-state index is 13.6. The van der Waals surface area contributed by atoms with Crippen molar-refractivity contribution in [3.63, 3.8) is 0 Å². The number of hydrogen-bond acceptors (Lipinski definition) is 3. The van der Waals surface area contributed by atoms with Gasteiger partial charge < -0.3 is 10.2 Å². The van der Waals surface area contributed by atoms with Crippen LogP contribution in [0.1, 0.15) is 39.1 Å². The molecule has 7 heteroatoms. The Labute approximate surface area is 209 Å². The van der Waals surface area contributed by atoms with Crippen molar-refractivity contribution < 1.29 is 14.0 Å². The van der Waals surface area contributed by atoms with Crippen molar-refractivity contribution in [2.24, 2.45) is 0 Å². The predicted octanol–water partition coefficient (Wildman–Crippen LogP) is 4.77. The molecule has 1 aliphatic rings. The number of carbonyl (C=O) groups excluding carboxylic acids is 2. The third kappa shape index (κ3) is 5.35. The quantitative estimate of drug-likeness (QED) is 0.430. The minimum absolute atomic E-state index is 0.0407. The number of nitrogens with one attached hydrogen (secondary N) is 1. The van der Waals surface area contributed by atoms with Gasteiger partial charge in [-0.1, -0.05) is 60.7 Å². The van der Waals surface area contributed by atoms with Crippen LogP contribution in [0.25, 0.3) is 11.3 Å². The molecule has 3 aromatic carbocycles. The molecular weight excluding hydrogens is 455 g/mol. The van der Waals surface area contributed by atoms with Crippen LogP contribution in [0.5, 0.6) is 0 Å². The van der Waals surface area contributed by atoms with E-state index >= 15 is 0 Å². The molecule has 36 heavy (non-hydrogen) atoms. The van der Waals surface area contributed by atoms with Crippen LogP contribution in [0.15, 0.2) is 91.1 Å². The van der Waals surface area contributed by atoms with Gasteiger partial charge in [0.25, 0.3) is 11.8 Å². The zero-order valence-corrected chi connectivity index (χ0v) is 19.8. The maximum Gasteiger partial charge on any atom is 0.257 e. The van der Waals surface area contributed by atoms with Crippen LogP contribution in [0, 0.1) is 5.82 Å². The molecule has 5 rings (SSSR count). The van der Waals surface area contributed by atoms with Crippen LogP contribution in [0.2, 0.25) is 0 Å². The minimum atomic E-state index is -0.375. The molecule has 0 spiro atoms. The Balaban J connectivity index is 1.29. The first-order valence-electron chi connectivity index (χ1n) is 12.1. The fourth-order valence-electron chi connectivity index (χ4n) is 4.51. The average Bonchev–Trinajstić information content (AvgIpc) is 3.34. The van der Waals surface area contributed by atoms with Crippen LogP contribution >= 0.6 is 0 Å². The van der Waals surface area contributed by atoms with E-state index < -0.39 is 0 Å². The van der Waals surface area contributed by atoms with Crippen molar-refractivity contribution in [3.8, 4) is 11.3 Å². The van der Waals surface area contributed by atoms with Crippen molar-refractivity contribution >= 4 is 11.8 Å². The smallest absolute Gasteiger partial charge is 0.257 e. The Bertz CT molecular complexity index is 1330. The number of rotatable bonds is 6. The van der Waals surface area contributed by atoms with Crippen LogP contribution in [-0.2, 0) is 6.54 Å². The number of amides is 2. The number of carbonyl (C=O) groups is 2. The van der Waals surface area contributed by atoms with Crippen molar-refractivity contribution in [1.29, 1.82) is 0 Å². The number of likely N-dealkylation sites (tertiary alicyclic amines) is 1. The van der Waals surface area contributed by atoms with Gasteiger partial charge in [-0.25, -0.2) is 4.39 Å². The van der Waals surface area contributed by atoms with E-state index in [1.165, 1.54) is 24.3 Å². The van der Waals surface area contributed by atoms with Crippen molar-refractivity contribution in [1.82, 2.24) is 20.0 Å². The summed E-state index contributed by atoms with van der Waals surface area (Å²) in [6.07, 6.45) is 3.13. The number of nitrogens with zero attached hydrogens (tertiary/aromatic N) is 3. The number of aromatic nitrogens is 2. The first-order valence-corrected chi connectivity index (χ1v) is 12.1. The number of halogens is 1. The van der Waals surface area contributed by atoms with Gasteiger partial charge in [-0.05, 0) is 42.7 Å². The first kappa shape index (κ1) is 23.5. The van der Waals surface area contributed by atoms with Gasteiger partial charge in [0.05, 0.1) is 12.1 Å². The summed E-state index contributed by atoms with van der Waals surface area (Å²) in [5.41, 5.74) is 3.67. The van der Waals surface area contributed by atoms with E-state index in [0.29, 0.717) is 49.3 Å². The van der Waals surface area contributed by atoms with E-state index in [-0.39, 0.29) is 23.7 Å². The van der Waals surface area contributed by atoms with Gasteiger partial charge in [0.1, 0.15) is 11.5 Å². The molecule has 182 valence electrons. The number of hydrogen-bond donors (Lipinski definition) is 1. The third-order valence-corrected chi connectivity index (χ3v) is 6.45. The summed E-state index contributed by atoms with van der Waals surface area (Å²) in [5, 5.41) is 7.78. The maximum atomic E-state index is 13.6.